The molecule has 2 rings (SSSR count). The molecule has 1 unspecified atom stereocenters. The molecule has 0 spiro atoms. The Morgan fingerprint density at radius 1 is 1.35 bits per heavy atom. The Labute approximate surface area is 117 Å². The first-order valence-electron chi connectivity index (χ1n) is 6.46. The summed E-state index contributed by atoms with van der Waals surface area (Å²) >= 11 is 0. The van der Waals surface area contributed by atoms with Crippen molar-refractivity contribution in [1.82, 2.24) is 4.90 Å². The van der Waals surface area contributed by atoms with E-state index in [1.165, 1.54) is 7.11 Å². The topological polar surface area (TPSA) is 67.9 Å². The predicted molar refractivity (Wildman–Crippen MR) is 73.8 cm³/mol. The van der Waals surface area contributed by atoms with Gasteiger partial charge in [-0.25, -0.2) is 4.79 Å². The quantitative estimate of drug-likeness (QED) is 0.894. The molecule has 1 aromatic rings. The highest BCUT2D eigenvalue weighted by Gasteiger charge is 2.22. The van der Waals surface area contributed by atoms with Gasteiger partial charge in [-0.05, 0) is 31.2 Å². The Balaban J connectivity index is 2.01. The van der Waals surface area contributed by atoms with E-state index in [9.17, 15) is 9.59 Å². The van der Waals surface area contributed by atoms with Crippen LogP contribution in [0.3, 0.4) is 0 Å². The third-order valence-corrected chi connectivity index (χ3v) is 3.09. The number of amides is 2. The molecule has 0 aliphatic carbocycles. The predicted octanol–water partition coefficient (Wildman–Crippen LogP) is 1.73. The fourth-order valence-electron chi connectivity index (χ4n) is 2.05. The highest BCUT2D eigenvalue weighted by Crippen LogP contribution is 2.14. The summed E-state index contributed by atoms with van der Waals surface area (Å²) in [6.45, 7) is 3.71. The van der Waals surface area contributed by atoms with Gasteiger partial charge in [-0.1, -0.05) is 0 Å². The Kier molecular flexibility index (Phi) is 4.57. The number of ether oxygens (including phenoxy) is 2. The SMILES string of the molecule is COC(=O)Nc1ccc(C(=O)N2CCOC(C)C2)cc1. The molecule has 1 fully saturated rings. The standard InChI is InChI=1S/C14H18N2O4/c1-10-9-16(7-8-20-10)13(17)11-3-5-12(6-4-11)15-14(18)19-2/h3-6,10H,7-9H2,1-2H3,(H,15,18). The highest BCUT2D eigenvalue weighted by molar-refractivity contribution is 5.95. The average Bonchev–Trinajstić information content (AvgIpc) is 2.47. The first-order chi connectivity index (χ1) is 9.60. The summed E-state index contributed by atoms with van der Waals surface area (Å²) in [5, 5.41) is 2.54. The summed E-state index contributed by atoms with van der Waals surface area (Å²) in [4.78, 5) is 25.1. The van der Waals surface area contributed by atoms with Gasteiger partial charge >= 0.3 is 6.09 Å². The summed E-state index contributed by atoms with van der Waals surface area (Å²) in [7, 11) is 1.30. The van der Waals surface area contributed by atoms with Crippen LogP contribution in [-0.2, 0) is 9.47 Å². The van der Waals surface area contributed by atoms with E-state index in [2.05, 4.69) is 10.1 Å². The van der Waals surface area contributed by atoms with E-state index in [1.807, 2.05) is 6.92 Å². The summed E-state index contributed by atoms with van der Waals surface area (Å²) < 4.78 is 9.91. The summed E-state index contributed by atoms with van der Waals surface area (Å²) in [6.07, 6.45) is -0.473. The first-order valence-corrected chi connectivity index (χ1v) is 6.46. The van der Waals surface area contributed by atoms with Gasteiger partial charge in [0, 0.05) is 24.3 Å². The minimum atomic E-state index is -0.536. The zero-order valence-electron chi connectivity index (χ0n) is 11.6. The van der Waals surface area contributed by atoms with Crippen LogP contribution in [0.2, 0.25) is 0 Å². The van der Waals surface area contributed by atoms with E-state index in [-0.39, 0.29) is 12.0 Å². The van der Waals surface area contributed by atoms with Crippen molar-refractivity contribution in [3.05, 3.63) is 29.8 Å². The zero-order valence-corrected chi connectivity index (χ0v) is 11.6. The van der Waals surface area contributed by atoms with Crippen LogP contribution >= 0.6 is 0 Å². The number of carbonyl (C=O) groups is 2. The van der Waals surface area contributed by atoms with E-state index in [1.54, 1.807) is 29.2 Å². The van der Waals surface area contributed by atoms with Crippen LogP contribution in [0.5, 0.6) is 0 Å². The summed E-state index contributed by atoms with van der Waals surface area (Å²) in [5.41, 5.74) is 1.18. The van der Waals surface area contributed by atoms with Crippen LogP contribution in [0, 0.1) is 0 Å². The monoisotopic (exact) mass is 278 g/mol. The molecule has 1 N–H and O–H groups in total. The number of methoxy groups -OCH3 is 1. The van der Waals surface area contributed by atoms with Crippen LogP contribution in [0.15, 0.2) is 24.3 Å². The molecule has 1 aliphatic heterocycles. The van der Waals surface area contributed by atoms with Gasteiger partial charge in [0.05, 0.1) is 19.8 Å². The molecule has 1 aliphatic rings. The Hall–Kier alpha value is -2.08. The van der Waals surface area contributed by atoms with Crippen molar-refractivity contribution in [2.75, 3.05) is 32.1 Å². The molecule has 6 heteroatoms. The van der Waals surface area contributed by atoms with Gasteiger partial charge in [0.1, 0.15) is 0 Å². The fourth-order valence-corrected chi connectivity index (χ4v) is 2.05. The van der Waals surface area contributed by atoms with E-state index in [0.29, 0.717) is 30.9 Å². The molecular weight excluding hydrogens is 260 g/mol. The van der Waals surface area contributed by atoms with Crippen molar-refractivity contribution < 1.29 is 19.1 Å². The van der Waals surface area contributed by atoms with Crippen molar-refractivity contribution >= 4 is 17.7 Å². The number of nitrogens with one attached hydrogen (secondary N) is 1. The van der Waals surface area contributed by atoms with Gasteiger partial charge in [-0.15, -0.1) is 0 Å². The maximum Gasteiger partial charge on any atom is 0.411 e. The molecule has 1 heterocycles. The number of anilines is 1. The van der Waals surface area contributed by atoms with Gasteiger partial charge in [-0.2, -0.15) is 0 Å². The van der Waals surface area contributed by atoms with Crippen molar-refractivity contribution in [3.8, 4) is 0 Å². The third-order valence-electron chi connectivity index (χ3n) is 3.09. The van der Waals surface area contributed by atoms with Gasteiger partial charge < -0.3 is 14.4 Å². The average molecular weight is 278 g/mol. The largest absolute Gasteiger partial charge is 0.453 e. The second-order valence-corrected chi connectivity index (χ2v) is 4.63. The van der Waals surface area contributed by atoms with Crippen molar-refractivity contribution in [3.63, 3.8) is 0 Å². The molecular formula is C14H18N2O4. The molecule has 108 valence electrons. The lowest BCUT2D eigenvalue weighted by molar-refractivity contribution is -0.0124. The minimum Gasteiger partial charge on any atom is -0.453 e. The normalized spacial score (nSPS) is 18.5. The van der Waals surface area contributed by atoms with Gasteiger partial charge in [-0.3, -0.25) is 10.1 Å². The number of rotatable bonds is 2. The van der Waals surface area contributed by atoms with E-state index >= 15 is 0 Å². The van der Waals surface area contributed by atoms with E-state index < -0.39 is 6.09 Å². The van der Waals surface area contributed by atoms with E-state index in [0.717, 1.165) is 0 Å². The van der Waals surface area contributed by atoms with Crippen LogP contribution in [0.4, 0.5) is 10.5 Å². The summed E-state index contributed by atoms with van der Waals surface area (Å²) in [6, 6.07) is 6.73. The lowest BCUT2D eigenvalue weighted by Crippen LogP contribution is -2.44. The van der Waals surface area contributed by atoms with E-state index in [4.69, 9.17) is 4.74 Å². The Morgan fingerprint density at radius 3 is 2.65 bits per heavy atom. The number of carbonyl (C=O) groups excluding carboxylic acids is 2. The number of benzene rings is 1. The molecule has 2 amide bonds. The maximum absolute atomic E-state index is 12.3. The Bertz CT molecular complexity index is 486. The molecule has 0 bridgehead atoms. The maximum atomic E-state index is 12.3. The number of nitrogens with zero attached hydrogens (tertiary/aromatic N) is 1. The van der Waals surface area contributed by atoms with Crippen LogP contribution in [-0.4, -0.2) is 49.8 Å². The molecule has 6 nitrogen and oxygen atoms in total. The molecule has 1 saturated heterocycles. The second kappa shape index (κ2) is 6.38. The van der Waals surface area contributed by atoms with Crippen LogP contribution in [0.25, 0.3) is 0 Å². The lowest BCUT2D eigenvalue weighted by atomic mass is 10.1. The molecule has 1 aromatic carbocycles. The van der Waals surface area contributed by atoms with Crippen molar-refractivity contribution in [2.24, 2.45) is 0 Å². The molecule has 20 heavy (non-hydrogen) atoms. The minimum absolute atomic E-state index is 0.0234. The first kappa shape index (κ1) is 14.3. The molecule has 0 saturated carbocycles. The molecule has 1 atom stereocenters. The third kappa shape index (κ3) is 3.48. The summed E-state index contributed by atoms with van der Waals surface area (Å²) in [5.74, 6) is -0.0234. The van der Waals surface area contributed by atoms with Crippen molar-refractivity contribution in [2.45, 2.75) is 13.0 Å². The number of morpholine rings is 1. The smallest absolute Gasteiger partial charge is 0.411 e. The van der Waals surface area contributed by atoms with Gasteiger partial charge in [0.15, 0.2) is 0 Å². The van der Waals surface area contributed by atoms with Crippen molar-refractivity contribution in [1.29, 1.82) is 0 Å². The molecule has 0 radical (unpaired) electrons. The van der Waals surface area contributed by atoms with Gasteiger partial charge in [0.25, 0.3) is 5.91 Å². The number of hydrogen-bond donors (Lipinski definition) is 1. The fraction of sp³-hybridized carbons (Fsp3) is 0.429. The molecule has 0 aromatic heterocycles. The number of hydrogen-bond acceptors (Lipinski definition) is 4. The van der Waals surface area contributed by atoms with Gasteiger partial charge in [0.2, 0.25) is 0 Å². The highest BCUT2D eigenvalue weighted by atomic mass is 16.5. The Morgan fingerprint density at radius 2 is 2.05 bits per heavy atom. The zero-order chi connectivity index (χ0) is 14.5. The lowest BCUT2D eigenvalue weighted by Gasteiger charge is -2.31. The van der Waals surface area contributed by atoms with Crippen LogP contribution in [0.1, 0.15) is 17.3 Å². The van der Waals surface area contributed by atoms with Crippen LogP contribution < -0.4 is 5.32 Å². The second-order valence-electron chi connectivity index (χ2n) is 4.63.